The number of carbonyl (C=O) groups excluding carboxylic acids is 1. The molecule has 1 aromatic carbocycles. The zero-order valence-electron chi connectivity index (χ0n) is 8.93. The molecule has 0 atom stereocenters. The lowest BCUT2D eigenvalue weighted by molar-refractivity contribution is -0.132. The molecular formula is C12H13NO3. The van der Waals surface area contributed by atoms with Crippen LogP contribution in [0.3, 0.4) is 0 Å². The van der Waals surface area contributed by atoms with Gasteiger partial charge in [0, 0.05) is 11.6 Å². The van der Waals surface area contributed by atoms with Gasteiger partial charge in [-0.05, 0) is 24.5 Å². The van der Waals surface area contributed by atoms with Gasteiger partial charge in [0.2, 0.25) is 5.91 Å². The third-order valence-corrected chi connectivity index (χ3v) is 2.10. The molecule has 4 nitrogen and oxygen atoms in total. The first kappa shape index (κ1) is 12.0. The van der Waals surface area contributed by atoms with Crippen molar-refractivity contribution in [2.24, 2.45) is 5.73 Å². The zero-order chi connectivity index (χ0) is 12.1. The number of primary amides is 1. The van der Waals surface area contributed by atoms with Crippen molar-refractivity contribution < 1.29 is 14.7 Å². The van der Waals surface area contributed by atoms with Crippen LogP contribution in [0.2, 0.25) is 0 Å². The van der Waals surface area contributed by atoms with E-state index in [0.717, 1.165) is 6.08 Å². The van der Waals surface area contributed by atoms with Crippen LogP contribution in [0.15, 0.2) is 35.9 Å². The summed E-state index contributed by atoms with van der Waals surface area (Å²) in [4.78, 5) is 20.0. The molecular weight excluding hydrogens is 206 g/mol. The Balaban J connectivity index is 0.000000163. The lowest BCUT2D eigenvalue weighted by atomic mass is 9.94. The number of carbonyl (C=O) groups is 2. The SMILES string of the molecule is CC(=CC(N)=O)C(=O)O.c1cc2cc(c1)C2. The lowest BCUT2D eigenvalue weighted by Crippen LogP contribution is -2.09. The second-order valence-corrected chi connectivity index (χ2v) is 3.53. The van der Waals surface area contributed by atoms with Gasteiger partial charge < -0.3 is 10.8 Å². The summed E-state index contributed by atoms with van der Waals surface area (Å²) in [5.74, 6) is -1.87. The summed E-state index contributed by atoms with van der Waals surface area (Å²) in [6, 6.07) is 8.65. The highest BCUT2D eigenvalue weighted by molar-refractivity contribution is 5.96. The Kier molecular flexibility index (Phi) is 3.83. The molecule has 2 bridgehead atoms. The van der Waals surface area contributed by atoms with Crippen molar-refractivity contribution in [2.75, 3.05) is 0 Å². The van der Waals surface area contributed by atoms with Crippen molar-refractivity contribution in [1.82, 2.24) is 0 Å². The van der Waals surface area contributed by atoms with Crippen LogP contribution in [0.5, 0.6) is 0 Å². The lowest BCUT2D eigenvalue weighted by Gasteiger charge is -2.11. The topological polar surface area (TPSA) is 80.4 Å². The Morgan fingerprint density at radius 3 is 2.00 bits per heavy atom. The van der Waals surface area contributed by atoms with E-state index >= 15 is 0 Å². The molecule has 0 radical (unpaired) electrons. The molecule has 0 saturated heterocycles. The first-order chi connectivity index (χ1) is 7.49. The summed E-state index contributed by atoms with van der Waals surface area (Å²) in [5.41, 5.74) is 7.57. The summed E-state index contributed by atoms with van der Waals surface area (Å²) < 4.78 is 0. The number of carboxylic acids is 1. The third-order valence-electron chi connectivity index (χ3n) is 2.10. The second-order valence-electron chi connectivity index (χ2n) is 3.53. The maximum Gasteiger partial charge on any atom is 0.331 e. The number of carboxylic acid groups (broad SMARTS) is 1. The summed E-state index contributed by atoms with van der Waals surface area (Å²) in [6.07, 6.45) is 2.08. The number of amides is 1. The van der Waals surface area contributed by atoms with Crippen molar-refractivity contribution in [3.8, 4) is 0 Å². The van der Waals surface area contributed by atoms with Gasteiger partial charge in [0.25, 0.3) is 0 Å². The molecule has 0 spiro atoms. The highest BCUT2D eigenvalue weighted by Crippen LogP contribution is 2.18. The molecule has 4 heteroatoms. The fourth-order valence-corrected chi connectivity index (χ4v) is 1.23. The summed E-state index contributed by atoms with van der Waals surface area (Å²) in [5, 5.41) is 8.15. The van der Waals surface area contributed by atoms with Crippen molar-refractivity contribution in [3.05, 3.63) is 47.0 Å². The highest BCUT2D eigenvalue weighted by Gasteiger charge is 2.04. The largest absolute Gasteiger partial charge is 0.478 e. The first-order valence-corrected chi connectivity index (χ1v) is 4.78. The Labute approximate surface area is 93.4 Å². The molecule has 0 aromatic heterocycles. The molecule has 0 fully saturated rings. The van der Waals surface area contributed by atoms with Crippen LogP contribution in [0.25, 0.3) is 0 Å². The minimum absolute atomic E-state index is 0.0532. The van der Waals surface area contributed by atoms with Gasteiger partial charge >= 0.3 is 5.97 Å². The van der Waals surface area contributed by atoms with Crippen LogP contribution >= 0.6 is 0 Å². The molecule has 0 saturated carbocycles. The molecule has 84 valence electrons. The quantitative estimate of drug-likeness (QED) is 0.742. The van der Waals surface area contributed by atoms with Crippen molar-refractivity contribution in [3.63, 3.8) is 0 Å². The van der Waals surface area contributed by atoms with E-state index in [0.29, 0.717) is 0 Å². The molecule has 2 aliphatic carbocycles. The summed E-state index contributed by atoms with van der Waals surface area (Å²) in [7, 11) is 0. The fraction of sp³-hybridized carbons (Fsp3) is 0.167. The van der Waals surface area contributed by atoms with Crippen molar-refractivity contribution in [2.45, 2.75) is 13.3 Å². The van der Waals surface area contributed by atoms with Crippen molar-refractivity contribution >= 4 is 11.9 Å². The normalized spacial score (nSPS) is 11.9. The number of nitrogens with two attached hydrogens (primary N) is 1. The average Bonchev–Trinajstić information content (AvgIpc) is 2.17. The standard InChI is InChI=1S/C7H6.C5H7NO3/c1-2-6-4-7(3-1)5-6;1-3(5(8)9)2-4(6)7/h1-4H,5H2;2H,1H3,(H2,6,7)(H,8,9). The van der Waals surface area contributed by atoms with Gasteiger partial charge in [0.1, 0.15) is 0 Å². The number of aliphatic carboxylic acids is 1. The van der Waals surface area contributed by atoms with E-state index < -0.39 is 11.9 Å². The number of hydrogen-bond acceptors (Lipinski definition) is 2. The van der Waals surface area contributed by atoms with Gasteiger partial charge in [-0.25, -0.2) is 4.79 Å². The molecule has 0 aliphatic heterocycles. The third kappa shape index (κ3) is 3.57. The molecule has 3 N–H and O–H groups in total. The molecule has 0 unspecified atom stereocenters. The van der Waals surface area contributed by atoms with Crippen LogP contribution < -0.4 is 5.73 Å². The minimum Gasteiger partial charge on any atom is -0.478 e. The zero-order valence-corrected chi connectivity index (χ0v) is 8.93. The summed E-state index contributed by atoms with van der Waals surface area (Å²) in [6.45, 7) is 1.30. The summed E-state index contributed by atoms with van der Waals surface area (Å²) >= 11 is 0. The van der Waals surface area contributed by atoms with Gasteiger partial charge in [-0.3, -0.25) is 4.79 Å². The molecule has 0 heterocycles. The van der Waals surface area contributed by atoms with Gasteiger partial charge in [-0.2, -0.15) is 0 Å². The molecule has 1 amide bonds. The number of rotatable bonds is 2. The van der Waals surface area contributed by atoms with Gasteiger partial charge in [-0.15, -0.1) is 0 Å². The predicted molar refractivity (Wildman–Crippen MR) is 59.8 cm³/mol. The highest BCUT2D eigenvalue weighted by atomic mass is 16.4. The first-order valence-electron chi connectivity index (χ1n) is 4.78. The maximum absolute atomic E-state index is 10.00. The number of fused-ring (bicyclic) bond motifs is 2. The predicted octanol–water partition coefficient (Wildman–Crippen LogP) is 1.09. The fourth-order valence-electron chi connectivity index (χ4n) is 1.23. The number of benzene rings is 1. The van der Waals surface area contributed by atoms with Gasteiger partial charge in [-0.1, -0.05) is 24.3 Å². The molecule has 2 aliphatic rings. The number of hydrogen-bond donors (Lipinski definition) is 2. The molecule has 3 rings (SSSR count). The van der Waals surface area contributed by atoms with E-state index in [-0.39, 0.29) is 5.57 Å². The molecule has 1 aromatic rings. The minimum atomic E-state index is -1.13. The van der Waals surface area contributed by atoms with Crippen LogP contribution in [0.4, 0.5) is 0 Å². The average molecular weight is 219 g/mol. The Morgan fingerprint density at radius 1 is 1.38 bits per heavy atom. The van der Waals surface area contributed by atoms with Gasteiger partial charge in [0.15, 0.2) is 0 Å². The Hall–Kier alpha value is -2.10. The van der Waals surface area contributed by atoms with E-state index in [1.165, 1.54) is 24.5 Å². The van der Waals surface area contributed by atoms with E-state index in [9.17, 15) is 9.59 Å². The monoisotopic (exact) mass is 219 g/mol. The smallest absolute Gasteiger partial charge is 0.331 e. The van der Waals surface area contributed by atoms with E-state index in [4.69, 9.17) is 5.11 Å². The van der Waals surface area contributed by atoms with Crippen LogP contribution in [-0.4, -0.2) is 17.0 Å². The Morgan fingerprint density at radius 2 is 1.88 bits per heavy atom. The van der Waals surface area contributed by atoms with Gasteiger partial charge in [0.05, 0.1) is 0 Å². The van der Waals surface area contributed by atoms with Crippen LogP contribution in [0.1, 0.15) is 18.1 Å². The van der Waals surface area contributed by atoms with E-state index in [2.05, 4.69) is 30.0 Å². The maximum atomic E-state index is 10.00. The van der Waals surface area contributed by atoms with Crippen LogP contribution in [0, 0.1) is 0 Å². The second kappa shape index (κ2) is 5.11. The van der Waals surface area contributed by atoms with Crippen LogP contribution in [-0.2, 0) is 16.0 Å². The van der Waals surface area contributed by atoms with E-state index in [1.54, 1.807) is 0 Å². The Bertz CT molecular complexity index is 425. The van der Waals surface area contributed by atoms with E-state index in [1.807, 2.05) is 0 Å². The molecule has 16 heavy (non-hydrogen) atoms. The van der Waals surface area contributed by atoms with Crippen molar-refractivity contribution in [1.29, 1.82) is 0 Å².